The molecule has 2 N–H and O–H groups in total. The number of nitrogens with one attached hydrogen (secondary N) is 1. The summed E-state index contributed by atoms with van der Waals surface area (Å²) in [6.07, 6.45) is 1.62. The van der Waals surface area contributed by atoms with Crippen LogP contribution in [-0.4, -0.2) is 29.1 Å². The van der Waals surface area contributed by atoms with Crippen LogP contribution in [0.25, 0.3) is 18.3 Å². The van der Waals surface area contributed by atoms with Gasteiger partial charge in [-0.3, -0.25) is 9.89 Å². The molecule has 0 bridgehead atoms. The van der Waals surface area contributed by atoms with Crippen molar-refractivity contribution in [2.24, 2.45) is 0 Å². The zero-order chi connectivity index (χ0) is 18.0. The van der Waals surface area contributed by atoms with Gasteiger partial charge in [-0.1, -0.05) is 24.8 Å². The standard InChI is InChI=1S/C19H18N2O4/c1-12-15(19(23)21(20-12)14-7-5-4-6-8-14)11-13-9-10-16(24-2)17(22)18(13)25-3/h4-11,20,22H,1H2,2-3H3. The zero-order valence-electron chi connectivity index (χ0n) is 13.9. The topological polar surface area (TPSA) is 76.5 Å². The lowest BCUT2D eigenvalue weighted by Crippen LogP contribution is -2.34. The van der Waals surface area contributed by atoms with Crippen LogP contribution in [-0.2, 0) is 0 Å². The number of phenols is 1. The highest BCUT2D eigenvalue weighted by molar-refractivity contribution is 5.65. The van der Waals surface area contributed by atoms with Gasteiger partial charge in [-0.05, 0) is 30.3 Å². The Bertz CT molecular complexity index is 1070. The minimum absolute atomic E-state index is 0.122. The Hall–Kier alpha value is -3.41. The Balaban J connectivity index is 2.22. The van der Waals surface area contributed by atoms with Crippen LogP contribution in [0.3, 0.4) is 0 Å². The van der Waals surface area contributed by atoms with Crippen LogP contribution in [0, 0.1) is 0 Å². The third kappa shape index (κ3) is 2.89. The molecule has 25 heavy (non-hydrogen) atoms. The molecule has 128 valence electrons. The minimum atomic E-state index is -0.242. The van der Waals surface area contributed by atoms with E-state index in [4.69, 9.17) is 9.47 Å². The molecular weight excluding hydrogens is 320 g/mol. The smallest absolute Gasteiger partial charge is 0.279 e. The zero-order valence-corrected chi connectivity index (χ0v) is 13.9. The minimum Gasteiger partial charge on any atom is -0.502 e. The maximum Gasteiger partial charge on any atom is 0.279 e. The number of rotatable bonds is 4. The van der Waals surface area contributed by atoms with Gasteiger partial charge in [0.05, 0.1) is 30.5 Å². The molecular formula is C19H18N2O4. The molecule has 0 radical (unpaired) electrons. The number of para-hydroxylation sites is 1. The van der Waals surface area contributed by atoms with Crippen LogP contribution < -0.4 is 25.6 Å². The molecule has 0 aliphatic heterocycles. The average molecular weight is 338 g/mol. The van der Waals surface area contributed by atoms with Crippen LogP contribution in [0.4, 0.5) is 0 Å². The Kier molecular flexibility index (Phi) is 4.35. The van der Waals surface area contributed by atoms with E-state index in [1.165, 1.54) is 18.9 Å². The predicted molar refractivity (Wildman–Crippen MR) is 95.9 cm³/mol. The van der Waals surface area contributed by atoms with Gasteiger partial charge in [0.2, 0.25) is 5.75 Å². The molecule has 0 aliphatic rings. The van der Waals surface area contributed by atoms with Gasteiger partial charge in [0, 0.05) is 5.56 Å². The fourth-order valence-electron chi connectivity index (χ4n) is 2.62. The second-order valence-electron chi connectivity index (χ2n) is 5.36. The lowest BCUT2D eigenvalue weighted by atomic mass is 10.1. The fourth-order valence-corrected chi connectivity index (χ4v) is 2.62. The van der Waals surface area contributed by atoms with E-state index in [1.54, 1.807) is 18.2 Å². The summed E-state index contributed by atoms with van der Waals surface area (Å²) in [6, 6.07) is 12.5. The number of benzene rings is 2. The van der Waals surface area contributed by atoms with Crippen LogP contribution in [0.2, 0.25) is 0 Å². The Morgan fingerprint density at radius 1 is 1.12 bits per heavy atom. The number of aromatic hydroxyl groups is 1. The van der Waals surface area contributed by atoms with Crippen LogP contribution in [0.1, 0.15) is 5.56 Å². The van der Waals surface area contributed by atoms with Crippen molar-refractivity contribution >= 4 is 12.7 Å². The molecule has 0 spiro atoms. The summed E-state index contributed by atoms with van der Waals surface area (Å²) in [5.41, 5.74) is 1.01. The first kappa shape index (κ1) is 16.4. The van der Waals surface area contributed by atoms with Crippen molar-refractivity contribution in [3.8, 4) is 22.9 Å². The number of H-pyrrole nitrogens is 1. The normalized spacial score (nSPS) is 11.5. The molecule has 1 heterocycles. The first-order valence-electron chi connectivity index (χ1n) is 7.58. The lowest BCUT2D eigenvalue weighted by Gasteiger charge is -2.10. The maximum absolute atomic E-state index is 12.7. The molecule has 1 aromatic heterocycles. The third-order valence-electron chi connectivity index (χ3n) is 3.87. The second kappa shape index (κ2) is 6.60. The molecule has 3 rings (SSSR count). The number of nitrogens with zero attached hydrogens (tertiary/aromatic N) is 1. The third-order valence-corrected chi connectivity index (χ3v) is 3.87. The molecule has 0 fully saturated rings. The van der Waals surface area contributed by atoms with Crippen LogP contribution >= 0.6 is 0 Å². The highest BCUT2D eigenvalue weighted by Gasteiger charge is 2.13. The van der Waals surface area contributed by atoms with Crippen molar-refractivity contribution in [3.05, 3.63) is 68.9 Å². The molecule has 0 saturated heterocycles. The van der Waals surface area contributed by atoms with E-state index in [2.05, 4.69) is 11.7 Å². The predicted octanol–water partition coefficient (Wildman–Crippen LogP) is 1.13. The first-order valence-corrected chi connectivity index (χ1v) is 7.58. The van der Waals surface area contributed by atoms with Crippen LogP contribution in [0.5, 0.6) is 17.2 Å². The number of hydrogen-bond donors (Lipinski definition) is 2. The Morgan fingerprint density at radius 2 is 1.84 bits per heavy atom. The summed E-state index contributed by atoms with van der Waals surface area (Å²) in [7, 11) is 2.90. The van der Waals surface area contributed by atoms with Crippen molar-refractivity contribution in [2.45, 2.75) is 0 Å². The summed E-state index contributed by atoms with van der Waals surface area (Å²) in [6.45, 7) is 3.90. The molecule has 3 aromatic rings. The van der Waals surface area contributed by atoms with Crippen molar-refractivity contribution in [1.82, 2.24) is 9.78 Å². The first-order chi connectivity index (χ1) is 12.1. The maximum atomic E-state index is 12.7. The number of hydrogen-bond acceptors (Lipinski definition) is 4. The molecule has 6 heteroatoms. The summed E-state index contributed by atoms with van der Waals surface area (Å²) in [4.78, 5) is 12.7. The second-order valence-corrected chi connectivity index (χ2v) is 5.36. The molecule has 6 nitrogen and oxygen atoms in total. The monoisotopic (exact) mass is 338 g/mol. The fraction of sp³-hybridized carbons (Fsp3) is 0.105. The van der Waals surface area contributed by atoms with E-state index in [0.717, 1.165) is 0 Å². The highest BCUT2D eigenvalue weighted by atomic mass is 16.5. The number of aromatic amines is 1. The van der Waals surface area contributed by atoms with Gasteiger partial charge in [-0.15, -0.1) is 0 Å². The number of ether oxygens (including phenoxy) is 2. The molecule has 0 unspecified atom stereocenters. The largest absolute Gasteiger partial charge is 0.502 e. The lowest BCUT2D eigenvalue weighted by molar-refractivity contribution is 0.339. The summed E-state index contributed by atoms with van der Waals surface area (Å²) in [5.74, 6) is 0.397. The molecule has 2 aromatic carbocycles. The summed E-state index contributed by atoms with van der Waals surface area (Å²) >= 11 is 0. The Labute approximate surface area is 143 Å². The van der Waals surface area contributed by atoms with Crippen molar-refractivity contribution in [1.29, 1.82) is 0 Å². The number of methoxy groups -OCH3 is 2. The molecule has 0 aliphatic carbocycles. The van der Waals surface area contributed by atoms with Gasteiger partial charge >= 0.3 is 0 Å². The van der Waals surface area contributed by atoms with E-state index >= 15 is 0 Å². The van der Waals surface area contributed by atoms with E-state index in [0.29, 0.717) is 27.6 Å². The summed E-state index contributed by atoms with van der Waals surface area (Å²) in [5, 5.41) is 14.0. The SMILES string of the molecule is C=c1[nH]n(-c2ccccc2)c(=O)c1=Cc1ccc(OC)c(O)c1OC. The van der Waals surface area contributed by atoms with E-state index in [1.807, 2.05) is 30.3 Å². The molecule has 0 amide bonds. The van der Waals surface area contributed by atoms with Crippen molar-refractivity contribution in [3.63, 3.8) is 0 Å². The van der Waals surface area contributed by atoms with Gasteiger partial charge in [-0.2, -0.15) is 0 Å². The van der Waals surface area contributed by atoms with Crippen LogP contribution in [0.15, 0.2) is 47.3 Å². The Morgan fingerprint density at radius 3 is 2.48 bits per heavy atom. The molecule has 0 saturated carbocycles. The molecule has 0 atom stereocenters. The van der Waals surface area contributed by atoms with Crippen molar-refractivity contribution in [2.75, 3.05) is 14.2 Å². The van der Waals surface area contributed by atoms with Gasteiger partial charge in [0.25, 0.3) is 5.56 Å². The van der Waals surface area contributed by atoms with Gasteiger partial charge in [-0.25, -0.2) is 4.68 Å². The summed E-state index contributed by atoms with van der Waals surface area (Å²) < 4.78 is 11.8. The van der Waals surface area contributed by atoms with Crippen molar-refractivity contribution < 1.29 is 14.6 Å². The van der Waals surface area contributed by atoms with Gasteiger partial charge in [0.1, 0.15) is 0 Å². The van der Waals surface area contributed by atoms with Gasteiger partial charge in [0.15, 0.2) is 11.5 Å². The van der Waals surface area contributed by atoms with E-state index in [9.17, 15) is 9.90 Å². The van der Waals surface area contributed by atoms with Gasteiger partial charge < -0.3 is 14.6 Å². The average Bonchev–Trinajstić information content (AvgIpc) is 2.91. The number of phenolic OH excluding ortho intramolecular Hbond substituents is 1. The van der Waals surface area contributed by atoms with E-state index in [-0.39, 0.29) is 17.1 Å². The quantitative estimate of drug-likeness (QED) is 0.748. The highest BCUT2D eigenvalue weighted by Crippen LogP contribution is 2.38. The van der Waals surface area contributed by atoms with E-state index < -0.39 is 0 Å². The number of aromatic nitrogens is 2.